The summed E-state index contributed by atoms with van der Waals surface area (Å²) in [6.07, 6.45) is 0.886. The van der Waals surface area contributed by atoms with E-state index in [-0.39, 0.29) is 23.5 Å². The van der Waals surface area contributed by atoms with E-state index in [1.54, 1.807) is 0 Å². The smallest absolute Gasteiger partial charge is 0.305 e. The Balaban J connectivity index is 2.02. The molecule has 10 heteroatoms. The topological polar surface area (TPSA) is 118 Å². The number of aliphatic carboxylic acids is 1. The van der Waals surface area contributed by atoms with Crippen LogP contribution >= 0.6 is 0 Å². The van der Waals surface area contributed by atoms with E-state index in [1.807, 2.05) is 46.8 Å². The summed E-state index contributed by atoms with van der Waals surface area (Å²) in [4.78, 5) is 50.6. The van der Waals surface area contributed by atoms with Crippen molar-refractivity contribution in [2.75, 3.05) is 0 Å². The lowest BCUT2D eigenvalue weighted by Crippen LogP contribution is -2.49. The Morgan fingerprint density at radius 1 is 1.00 bits per heavy atom. The SMILES string of the molecule is Cc1ccc(C)c(-c2cc(F)c(F)c([C@H](CC(=O)O)NC(=O)[C@H](CC(C)C)NC(=O)c3cccn(C)c3=O)c2)c1C. The van der Waals surface area contributed by atoms with E-state index >= 15 is 4.39 Å². The Bertz CT molecular complexity index is 1550. The summed E-state index contributed by atoms with van der Waals surface area (Å²) in [6, 6.07) is 6.38. The van der Waals surface area contributed by atoms with Crippen molar-refractivity contribution in [1.82, 2.24) is 15.2 Å². The highest BCUT2D eigenvalue weighted by atomic mass is 19.2. The number of carbonyl (C=O) groups excluding carboxylic acids is 2. The number of carboxylic acids is 1. The molecule has 0 saturated carbocycles. The van der Waals surface area contributed by atoms with Crippen molar-refractivity contribution in [3.63, 3.8) is 0 Å². The predicted molar refractivity (Wildman–Crippen MR) is 152 cm³/mol. The summed E-state index contributed by atoms with van der Waals surface area (Å²) in [7, 11) is 1.48. The first-order valence-electron chi connectivity index (χ1n) is 13.3. The summed E-state index contributed by atoms with van der Waals surface area (Å²) in [5.41, 5.74) is 2.56. The molecule has 2 atom stereocenters. The molecule has 0 spiro atoms. The Kier molecular flexibility index (Phi) is 9.80. The van der Waals surface area contributed by atoms with Crippen LogP contribution in [0.25, 0.3) is 11.1 Å². The van der Waals surface area contributed by atoms with Gasteiger partial charge in [0.15, 0.2) is 11.6 Å². The van der Waals surface area contributed by atoms with E-state index in [9.17, 15) is 28.7 Å². The van der Waals surface area contributed by atoms with E-state index in [0.29, 0.717) is 11.1 Å². The molecule has 0 aliphatic rings. The van der Waals surface area contributed by atoms with Crippen LogP contribution in [0.15, 0.2) is 47.4 Å². The van der Waals surface area contributed by atoms with Gasteiger partial charge in [0.2, 0.25) is 5.91 Å². The standard InChI is InChI=1S/C31H35F2N3O5/c1-16(2)12-25(35-29(39)21-8-7-11-36(6)31(21)41)30(40)34-24(15-26(37)38)22-13-20(14-23(32)28(22)33)27-18(4)10-9-17(3)19(27)5/h7-11,13-14,16,24-25H,12,15H2,1-6H3,(H,34,40)(H,35,39)(H,37,38)/t24-,25-/m0/s1. The highest BCUT2D eigenvalue weighted by molar-refractivity contribution is 5.97. The maximum absolute atomic E-state index is 15.2. The van der Waals surface area contributed by atoms with E-state index in [0.717, 1.165) is 22.8 Å². The highest BCUT2D eigenvalue weighted by Gasteiger charge is 2.30. The predicted octanol–water partition coefficient (Wildman–Crippen LogP) is 4.73. The van der Waals surface area contributed by atoms with Gasteiger partial charge in [0.05, 0.1) is 12.5 Å². The normalized spacial score (nSPS) is 12.6. The lowest BCUT2D eigenvalue weighted by Gasteiger charge is -2.25. The van der Waals surface area contributed by atoms with Crippen molar-refractivity contribution in [3.05, 3.63) is 92.4 Å². The van der Waals surface area contributed by atoms with Crippen LogP contribution in [0.1, 0.15) is 65.3 Å². The Morgan fingerprint density at radius 3 is 2.29 bits per heavy atom. The van der Waals surface area contributed by atoms with Crippen LogP contribution in [0, 0.1) is 38.3 Å². The molecule has 0 aliphatic heterocycles. The van der Waals surface area contributed by atoms with Gasteiger partial charge in [-0.1, -0.05) is 26.0 Å². The van der Waals surface area contributed by atoms with Gasteiger partial charge < -0.3 is 20.3 Å². The van der Waals surface area contributed by atoms with Crippen LogP contribution in [0.4, 0.5) is 8.78 Å². The second kappa shape index (κ2) is 12.9. The second-order valence-electron chi connectivity index (χ2n) is 10.7. The second-order valence-corrected chi connectivity index (χ2v) is 10.7. The van der Waals surface area contributed by atoms with E-state index in [2.05, 4.69) is 10.6 Å². The summed E-state index contributed by atoms with van der Waals surface area (Å²) in [6.45, 7) is 9.20. The molecule has 2 amide bonds. The minimum Gasteiger partial charge on any atom is -0.481 e. The van der Waals surface area contributed by atoms with Crippen LogP contribution in [0.3, 0.4) is 0 Å². The van der Waals surface area contributed by atoms with Gasteiger partial charge in [-0.2, -0.15) is 0 Å². The van der Waals surface area contributed by atoms with Gasteiger partial charge >= 0.3 is 5.97 Å². The number of pyridine rings is 1. The van der Waals surface area contributed by atoms with Gasteiger partial charge in [0, 0.05) is 18.8 Å². The molecule has 0 radical (unpaired) electrons. The van der Waals surface area contributed by atoms with Gasteiger partial charge in [-0.3, -0.25) is 19.2 Å². The molecular weight excluding hydrogens is 532 g/mol. The van der Waals surface area contributed by atoms with E-state index in [4.69, 9.17) is 0 Å². The summed E-state index contributed by atoms with van der Waals surface area (Å²) in [5, 5.41) is 14.7. The number of hydrogen-bond acceptors (Lipinski definition) is 4. The van der Waals surface area contributed by atoms with Crippen LogP contribution in [-0.2, 0) is 16.6 Å². The maximum atomic E-state index is 15.2. The van der Waals surface area contributed by atoms with Crippen molar-refractivity contribution in [2.24, 2.45) is 13.0 Å². The third-order valence-corrected chi connectivity index (χ3v) is 7.06. The summed E-state index contributed by atoms with van der Waals surface area (Å²) in [5.74, 6) is -5.48. The number of aromatic nitrogens is 1. The lowest BCUT2D eigenvalue weighted by molar-refractivity contribution is -0.137. The minimum atomic E-state index is -1.45. The largest absolute Gasteiger partial charge is 0.481 e. The molecule has 1 heterocycles. The highest BCUT2D eigenvalue weighted by Crippen LogP contribution is 2.34. The maximum Gasteiger partial charge on any atom is 0.305 e. The zero-order chi connectivity index (χ0) is 30.6. The molecular formula is C31H35F2N3O5. The van der Waals surface area contributed by atoms with E-state index in [1.165, 1.54) is 36.0 Å². The fourth-order valence-electron chi connectivity index (χ4n) is 4.80. The molecule has 0 unspecified atom stereocenters. The fraction of sp³-hybridized carbons (Fsp3) is 0.355. The number of hydrogen-bond donors (Lipinski definition) is 3. The number of halogens is 2. The number of nitrogens with zero attached hydrogens (tertiary/aromatic N) is 1. The van der Waals surface area contributed by atoms with Gasteiger partial charge in [-0.05, 0) is 85.2 Å². The summed E-state index contributed by atoms with van der Waals surface area (Å²) < 4.78 is 31.4. The average Bonchev–Trinajstić information content (AvgIpc) is 2.88. The average molecular weight is 568 g/mol. The zero-order valence-corrected chi connectivity index (χ0v) is 24.0. The van der Waals surface area contributed by atoms with Gasteiger partial charge in [0.25, 0.3) is 11.5 Å². The molecule has 0 aliphatic carbocycles. The van der Waals surface area contributed by atoms with Crippen molar-refractivity contribution >= 4 is 17.8 Å². The Morgan fingerprint density at radius 2 is 1.66 bits per heavy atom. The van der Waals surface area contributed by atoms with Gasteiger partial charge in [-0.15, -0.1) is 0 Å². The molecule has 0 bridgehead atoms. The molecule has 3 N–H and O–H groups in total. The quantitative estimate of drug-likeness (QED) is 0.327. The molecule has 218 valence electrons. The van der Waals surface area contributed by atoms with Crippen LogP contribution in [0.2, 0.25) is 0 Å². The molecule has 0 saturated heterocycles. The van der Waals surface area contributed by atoms with Crippen molar-refractivity contribution in [1.29, 1.82) is 0 Å². The van der Waals surface area contributed by atoms with Gasteiger partial charge in [0.1, 0.15) is 11.6 Å². The molecule has 1 aromatic heterocycles. The third-order valence-electron chi connectivity index (χ3n) is 7.06. The monoisotopic (exact) mass is 567 g/mol. The van der Waals surface area contributed by atoms with Crippen molar-refractivity contribution in [3.8, 4) is 11.1 Å². The molecule has 8 nitrogen and oxygen atoms in total. The van der Waals surface area contributed by atoms with Crippen molar-refractivity contribution in [2.45, 2.75) is 59.5 Å². The first kappa shape index (κ1) is 31.2. The molecule has 3 aromatic rings. The van der Waals surface area contributed by atoms with E-state index < -0.39 is 53.5 Å². The minimum absolute atomic E-state index is 0.0904. The molecule has 41 heavy (non-hydrogen) atoms. The van der Waals surface area contributed by atoms with Crippen LogP contribution in [0.5, 0.6) is 0 Å². The number of carbonyl (C=O) groups is 3. The number of benzene rings is 2. The lowest BCUT2D eigenvalue weighted by atomic mass is 9.90. The Labute approximate surface area is 237 Å². The van der Waals surface area contributed by atoms with Crippen LogP contribution < -0.4 is 16.2 Å². The first-order valence-corrected chi connectivity index (χ1v) is 13.3. The number of aryl methyl sites for hydroxylation is 3. The van der Waals surface area contributed by atoms with Crippen LogP contribution in [-0.4, -0.2) is 33.5 Å². The Hall–Kier alpha value is -4.34. The zero-order valence-electron chi connectivity index (χ0n) is 24.0. The molecule has 0 fully saturated rings. The molecule has 2 aromatic carbocycles. The first-order chi connectivity index (χ1) is 19.2. The number of carboxylic acid groups (broad SMARTS) is 1. The fourth-order valence-corrected chi connectivity index (χ4v) is 4.80. The number of nitrogens with one attached hydrogen (secondary N) is 2. The third kappa shape index (κ3) is 7.25. The number of rotatable bonds is 10. The molecule has 3 rings (SSSR count). The van der Waals surface area contributed by atoms with Crippen molar-refractivity contribution < 1.29 is 28.3 Å². The number of amides is 2. The van der Waals surface area contributed by atoms with Gasteiger partial charge in [-0.25, -0.2) is 8.78 Å². The summed E-state index contributed by atoms with van der Waals surface area (Å²) >= 11 is 0.